The lowest BCUT2D eigenvalue weighted by molar-refractivity contribution is 0.448. The van der Waals surface area contributed by atoms with E-state index < -0.39 is 0 Å². The second kappa shape index (κ2) is 13.1. The van der Waals surface area contributed by atoms with Crippen LogP contribution in [-0.4, -0.2) is 7.28 Å². The molecule has 0 saturated heterocycles. The highest BCUT2D eigenvalue weighted by Gasteiger charge is 2.38. The van der Waals surface area contributed by atoms with Crippen molar-refractivity contribution in [1.29, 1.82) is 0 Å². The average molecular weight is 529 g/mol. The molecule has 0 aliphatic heterocycles. The van der Waals surface area contributed by atoms with Gasteiger partial charge in [-0.2, -0.15) is 0 Å². The standard InChI is InChI=1S/C39H49B/c1-8-10-22-39(23-11-9-2,40-38(5,6)7)37-29(3)24-33(25-30(37)4)36-27-34(31-18-14-12-15-19-31)26-35(28-36)32-20-16-13-17-21-32/h12-21,24-28,40H,8-11,22-23H2,1-7H3. The molecule has 4 aromatic carbocycles. The molecule has 40 heavy (non-hydrogen) atoms. The Bertz CT molecular complexity index is 1290. The van der Waals surface area contributed by atoms with E-state index in [1.165, 1.54) is 90.3 Å². The molecule has 0 amide bonds. The molecule has 0 heterocycles. The van der Waals surface area contributed by atoms with Gasteiger partial charge in [-0.25, -0.2) is 0 Å². The van der Waals surface area contributed by atoms with E-state index in [2.05, 4.69) is 139 Å². The van der Waals surface area contributed by atoms with E-state index in [-0.39, 0.29) is 10.6 Å². The molecule has 0 aliphatic carbocycles. The van der Waals surface area contributed by atoms with Crippen molar-refractivity contribution in [2.45, 2.75) is 97.6 Å². The third-order valence-corrected chi connectivity index (χ3v) is 8.43. The van der Waals surface area contributed by atoms with E-state index in [1.807, 2.05) is 0 Å². The van der Waals surface area contributed by atoms with E-state index in [1.54, 1.807) is 5.56 Å². The van der Waals surface area contributed by atoms with Crippen LogP contribution in [0, 0.1) is 13.8 Å². The normalized spacial score (nSPS) is 12.0. The summed E-state index contributed by atoms with van der Waals surface area (Å²) in [6, 6.07) is 33.7. The molecule has 0 aromatic heterocycles. The second-order valence-electron chi connectivity index (χ2n) is 13.2. The molecule has 0 N–H and O–H groups in total. The molecule has 4 rings (SSSR count). The molecule has 0 nitrogen and oxygen atoms in total. The summed E-state index contributed by atoms with van der Waals surface area (Å²) >= 11 is 0. The molecular weight excluding hydrogens is 479 g/mol. The van der Waals surface area contributed by atoms with Gasteiger partial charge in [-0.1, -0.05) is 151 Å². The first-order valence-electron chi connectivity index (χ1n) is 15.5. The fraction of sp³-hybridized carbons (Fsp3) is 0.385. The Kier molecular flexibility index (Phi) is 9.78. The molecule has 0 fully saturated rings. The van der Waals surface area contributed by atoms with Crippen molar-refractivity contribution in [3.8, 4) is 33.4 Å². The topological polar surface area (TPSA) is 0 Å². The number of hydrogen-bond acceptors (Lipinski definition) is 0. The summed E-state index contributed by atoms with van der Waals surface area (Å²) < 4.78 is 0. The van der Waals surface area contributed by atoms with Gasteiger partial charge in [0.2, 0.25) is 0 Å². The van der Waals surface area contributed by atoms with Crippen LogP contribution in [0.1, 0.15) is 89.8 Å². The van der Waals surface area contributed by atoms with Gasteiger partial charge in [-0.3, -0.25) is 0 Å². The van der Waals surface area contributed by atoms with Crippen LogP contribution in [0.5, 0.6) is 0 Å². The number of hydrogen-bond donors (Lipinski definition) is 0. The molecule has 0 aliphatic rings. The van der Waals surface area contributed by atoms with E-state index in [4.69, 9.17) is 0 Å². The first kappa shape index (κ1) is 29.9. The Morgan fingerprint density at radius 1 is 0.525 bits per heavy atom. The predicted octanol–water partition coefficient (Wildman–Crippen LogP) is 11.5. The number of aryl methyl sites for hydroxylation is 2. The maximum atomic E-state index is 2.48. The quantitative estimate of drug-likeness (QED) is 0.170. The van der Waals surface area contributed by atoms with E-state index in [0.29, 0.717) is 0 Å². The molecule has 0 atom stereocenters. The maximum Gasteiger partial charge on any atom is 0.140 e. The summed E-state index contributed by atoms with van der Waals surface area (Å²) in [5.41, 5.74) is 12.2. The third-order valence-electron chi connectivity index (χ3n) is 8.43. The molecular formula is C39H49B. The fourth-order valence-electron chi connectivity index (χ4n) is 7.04. The number of unbranched alkanes of at least 4 members (excludes halogenated alkanes) is 2. The van der Waals surface area contributed by atoms with Crippen LogP contribution in [0.2, 0.25) is 5.31 Å². The van der Waals surface area contributed by atoms with Crippen molar-refractivity contribution in [1.82, 2.24) is 0 Å². The Balaban J connectivity index is 1.88. The highest BCUT2D eigenvalue weighted by atomic mass is 14.3. The second-order valence-corrected chi connectivity index (χ2v) is 13.2. The molecule has 0 radical (unpaired) electrons. The van der Waals surface area contributed by atoms with Crippen LogP contribution in [0.3, 0.4) is 0 Å². The minimum Gasteiger partial charge on any atom is -0.0670 e. The van der Waals surface area contributed by atoms with E-state index >= 15 is 0 Å². The summed E-state index contributed by atoms with van der Waals surface area (Å²) in [5, 5.41) is 0.520. The van der Waals surface area contributed by atoms with Crippen LogP contribution in [0.25, 0.3) is 33.4 Å². The zero-order valence-electron chi connectivity index (χ0n) is 26.1. The minimum atomic E-state index is 0.234. The van der Waals surface area contributed by atoms with Gasteiger partial charge >= 0.3 is 0 Å². The van der Waals surface area contributed by atoms with Crippen molar-refractivity contribution in [2.24, 2.45) is 0 Å². The largest absolute Gasteiger partial charge is 0.140 e. The van der Waals surface area contributed by atoms with Crippen molar-refractivity contribution in [2.75, 3.05) is 0 Å². The van der Waals surface area contributed by atoms with Gasteiger partial charge < -0.3 is 0 Å². The summed E-state index contributed by atoms with van der Waals surface area (Å²) in [6.07, 6.45) is 7.65. The maximum absolute atomic E-state index is 2.48. The van der Waals surface area contributed by atoms with Crippen LogP contribution in [0.15, 0.2) is 91.0 Å². The van der Waals surface area contributed by atoms with Crippen LogP contribution < -0.4 is 0 Å². The van der Waals surface area contributed by atoms with Crippen LogP contribution in [-0.2, 0) is 5.31 Å². The van der Waals surface area contributed by atoms with Crippen molar-refractivity contribution >= 4 is 7.28 Å². The van der Waals surface area contributed by atoms with Crippen molar-refractivity contribution < 1.29 is 0 Å². The molecule has 0 bridgehead atoms. The zero-order chi connectivity index (χ0) is 28.8. The van der Waals surface area contributed by atoms with Crippen LogP contribution in [0.4, 0.5) is 0 Å². The van der Waals surface area contributed by atoms with Gasteiger partial charge in [0.15, 0.2) is 0 Å². The third kappa shape index (κ3) is 7.17. The van der Waals surface area contributed by atoms with Gasteiger partial charge in [0.25, 0.3) is 0 Å². The molecule has 4 aromatic rings. The Labute approximate surface area is 245 Å². The first-order chi connectivity index (χ1) is 19.2. The SMILES string of the molecule is CCCCC(BC(C)(C)C)(CCCC)c1c(C)cc(-c2cc(-c3ccccc3)cc(-c3ccccc3)c2)cc1C. The lowest BCUT2D eigenvalue weighted by Gasteiger charge is -2.41. The molecule has 0 spiro atoms. The monoisotopic (exact) mass is 528 g/mol. The molecule has 0 unspecified atom stereocenters. The zero-order valence-corrected chi connectivity index (χ0v) is 26.1. The average Bonchev–Trinajstić information content (AvgIpc) is 2.94. The van der Waals surface area contributed by atoms with Gasteiger partial charge in [-0.05, 0) is 87.4 Å². The molecule has 0 saturated carbocycles. The lowest BCUT2D eigenvalue weighted by atomic mass is 9.36. The fourth-order valence-corrected chi connectivity index (χ4v) is 7.04. The Hall–Kier alpha value is -3.06. The van der Waals surface area contributed by atoms with Gasteiger partial charge in [-0.15, -0.1) is 0 Å². The summed E-state index contributed by atoms with van der Waals surface area (Å²) in [7, 11) is 1.24. The van der Waals surface area contributed by atoms with Crippen LogP contribution >= 0.6 is 0 Å². The van der Waals surface area contributed by atoms with Gasteiger partial charge in [0, 0.05) is 0 Å². The Morgan fingerprint density at radius 3 is 1.27 bits per heavy atom. The molecule has 208 valence electrons. The van der Waals surface area contributed by atoms with Gasteiger partial charge in [0.05, 0.1) is 0 Å². The smallest absolute Gasteiger partial charge is 0.0670 e. The van der Waals surface area contributed by atoms with E-state index in [9.17, 15) is 0 Å². The lowest BCUT2D eigenvalue weighted by Crippen LogP contribution is -2.39. The summed E-state index contributed by atoms with van der Waals surface area (Å²) in [6.45, 7) is 16.7. The van der Waals surface area contributed by atoms with Crippen molar-refractivity contribution in [3.05, 3.63) is 108 Å². The van der Waals surface area contributed by atoms with Crippen molar-refractivity contribution in [3.63, 3.8) is 0 Å². The first-order valence-corrected chi connectivity index (χ1v) is 15.5. The minimum absolute atomic E-state index is 0.234. The highest BCUT2D eigenvalue weighted by Crippen LogP contribution is 2.45. The predicted molar refractivity (Wildman–Crippen MR) is 180 cm³/mol. The van der Waals surface area contributed by atoms with Gasteiger partial charge in [0.1, 0.15) is 7.28 Å². The van der Waals surface area contributed by atoms with E-state index in [0.717, 1.165) is 0 Å². The summed E-state index contributed by atoms with van der Waals surface area (Å²) in [5.74, 6) is 0. The highest BCUT2D eigenvalue weighted by molar-refractivity contribution is 6.44. The summed E-state index contributed by atoms with van der Waals surface area (Å²) in [4.78, 5) is 0. The Morgan fingerprint density at radius 2 is 0.900 bits per heavy atom. The number of benzene rings is 4. The number of rotatable bonds is 11. The molecule has 1 heteroatoms.